The minimum atomic E-state index is -0.535. The topological polar surface area (TPSA) is 107 Å². The first-order valence-corrected chi connectivity index (χ1v) is 5.56. The molecule has 96 valence electrons. The molecule has 1 aliphatic rings. The van der Waals surface area contributed by atoms with Crippen molar-refractivity contribution in [1.82, 2.24) is 0 Å². The Hall–Kier alpha value is -2.15. The average Bonchev–Trinajstić information content (AvgIpc) is 2.35. The van der Waals surface area contributed by atoms with E-state index in [1.807, 2.05) is 0 Å². The number of amides is 1. The summed E-state index contributed by atoms with van der Waals surface area (Å²) in [7, 11) is 0. The first-order valence-electron chi connectivity index (χ1n) is 5.56. The van der Waals surface area contributed by atoms with Crippen LogP contribution in [0.4, 0.5) is 11.4 Å². The Labute approximate surface area is 103 Å². The molecule has 0 spiro atoms. The summed E-state index contributed by atoms with van der Waals surface area (Å²) in [6.45, 7) is 0.497. The molecular weight excluding hydrogens is 238 g/mol. The van der Waals surface area contributed by atoms with Gasteiger partial charge in [0, 0.05) is 19.0 Å². The standard InChI is InChI=1S/C11H13N3O4/c12-3-4-18-10-5-7-1-2-11(15)13-8(7)6-9(10)14(16)17/h5-6H,1-4,12H2,(H,13,15). The SMILES string of the molecule is NCCOc1cc2c(cc1[N+](=O)[O-])NC(=O)CC2. The van der Waals surface area contributed by atoms with Gasteiger partial charge in [-0.05, 0) is 18.1 Å². The van der Waals surface area contributed by atoms with Crippen LogP contribution >= 0.6 is 0 Å². The number of carbonyl (C=O) groups is 1. The molecule has 1 heterocycles. The number of rotatable bonds is 4. The van der Waals surface area contributed by atoms with E-state index in [4.69, 9.17) is 10.5 Å². The van der Waals surface area contributed by atoms with Gasteiger partial charge in [0.25, 0.3) is 0 Å². The number of nitrogens with two attached hydrogens (primary N) is 1. The van der Waals surface area contributed by atoms with Gasteiger partial charge in [0.05, 0.1) is 10.6 Å². The summed E-state index contributed by atoms with van der Waals surface area (Å²) in [4.78, 5) is 21.6. The van der Waals surface area contributed by atoms with Crippen molar-refractivity contribution in [1.29, 1.82) is 0 Å². The summed E-state index contributed by atoms with van der Waals surface area (Å²) in [6, 6.07) is 2.93. The third-order valence-corrected chi connectivity index (χ3v) is 2.65. The summed E-state index contributed by atoms with van der Waals surface area (Å²) in [6.07, 6.45) is 0.930. The van der Waals surface area contributed by atoms with Gasteiger partial charge in [0.15, 0.2) is 5.75 Å². The maximum Gasteiger partial charge on any atom is 0.313 e. The minimum Gasteiger partial charge on any atom is -0.485 e. The molecule has 7 nitrogen and oxygen atoms in total. The number of ether oxygens (including phenoxy) is 1. The summed E-state index contributed by atoms with van der Waals surface area (Å²) in [5.41, 5.74) is 6.47. The first-order chi connectivity index (χ1) is 8.61. The molecule has 3 N–H and O–H groups in total. The highest BCUT2D eigenvalue weighted by Gasteiger charge is 2.23. The lowest BCUT2D eigenvalue weighted by atomic mass is 10.0. The summed E-state index contributed by atoms with van der Waals surface area (Å²) in [5, 5.41) is 13.5. The van der Waals surface area contributed by atoms with E-state index in [0.717, 1.165) is 5.56 Å². The van der Waals surface area contributed by atoms with Gasteiger partial charge in [-0.1, -0.05) is 0 Å². The molecule has 0 radical (unpaired) electrons. The van der Waals surface area contributed by atoms with Crippen molar-refractivity contribution in [3.05, 3.63) is 27.8 Å². The highest BCUT2D eigenvalue weighted by molar-refractivity contribution is 5.94. The number of nitro benzene ring substituents is 1. The largest absolute Gasteiger partial charge is 0.485 e. The maximum atomic E-state index is 11.2. The van der Waals surface area contributed by atoms with E-state index in [1.54, 1.807) is 6.07 Å². The Kier molecular flexibility index (Phi) is 3.42. The quantitative estimate of drug-likeness (QED) is 0.608. The highest BCUT2D eigenvalue weighted by Crippen LogP contribution is 2.35. The van der Waals surface area contributed by atoms with Crippen molar-refractivity contribution in [2.75, 3.05) is 18.5 Å². The van der Waals surface area contributed by atoms with Crippen LogP contribution in [-0.4, -0.2) is 24.0 Å². The molecule has 1 amide bonds. The third-order valence-electron chi connectivity index (χ3n) is 2.65. The van der Waals surface area contributed by atoms with E-state index in [2.05, 4.69) is 5.32 Å². The number of nitrogens with one attached hydrogen (secondary N) is 1. The number of nitrogens with zero attached hydrogens (tertiary/aromatic N) is 1. The van der Waals surface area contributed by atoms with Crippen molar-refractivity contribution < 1.29 is 14.5 Å². The van der Waals surface area contributed by atoms with Gasteiger partial charge in [-0.2, -0.15) is 0 Å². The predicted molar refractivity (Wildman–Crippen MR) is 64.6 cm³/mol. The van der Waals surface area contributed by atoms with Gasteiger partial charge >= 0.3 is 5.69 Å². The lowest BCUT2D eigenvalue weighted by molar-refractivity contribution is -0.385. The molecule has 1 aromatic carbocycles. The van der Waals surface area contributed by atoms with Crippen LogP contribution in [0.5, 0.6) is 5.75 Å². The van der Waals surface area contributed by atoms with Crippen molar-refractivity contribution in [2.24, 2.45) is 5.73 Å². The summed E-state index contributed by atoms with van der Waals surface area (Å²) >= 11 is 0. The predicted octanol–water partition coefficient (Wildman–Crippen LogP) is 0.817. The van der Waals surface area contributed by atoms with Crippen LogP contribution in [0.1, 0.15) is 12.0 Å². The van der Waals surface area contributed by atoms with Crippen molar-refractivity contribution >= 4 is 17.3 Å². The molecule has 0 saturated heterocycles. The molecule has 0 atom stereocenters. The van der Waals surface area contributed by atoms with Gasteiger partial charge in [0.2, 0.25) is 5.91 Å². The van der Waals surface area contributed by atoms with Crippen molar-refractivity contribution in [2.45, 2.75) is 12.8 Å². The molecule has 0 aliphatic carbocycles. The Morgan fingerprint density at radius 3 is 2.89 bits per heavy atom. The van der Waals surface area contributed by atoms with Gasteiger partial charge in [0.1, 0.15) is 6.61 Å². The minimum absolute atomic E-state index is 0.132. The molecule has 0 fully saturated rings. The number of aryl methyl sites for hydroxylation is 1. The third kappa shape index (κ3) is 2.40. The van der Waals surface area contributed by atoms with E-state index < -0.39 is 4.92 Å². The number of nitro groups is 1. The highest BCUT2D eigenvalue weighted by atomic mass is 16.6. The van der Waals surface area contributed by atoms with Crippen molar-refractivity contribution in [3.8, 4) is 5.75 Å². The Bertz CT molecular complexity index is 501. The second-order valence-corrected chi connectivity index (χ2v) is 3.92. The molecule has 18 heavy (non-hydrogen) atoms. The van der Waals surface area contributed by atoms with Crippen LogP contribution in [0.25, 0.3) is 0 Å². The molecule has 7 heteroatoms. The Morgan fingerprint density at radius 1 is 1.44 bits per heavy atom. The number of hydrogen-bond acceptors (Lipinski definition) is 5. The van der Waals surface area contributed by atoms with Crippen LogP contribution in [0, 0.1) is 10.1 Å². The summed E-state index contributed by atoms with van der Waals surface area (Å²) in [5.74, 6) is 0.0628. The first kappa shape index (κ1) is 12.3. The number of fused-ring (bicyclic) bond motifs is 1. The van der Waals surface area contributed by atoms with Crippen molar-refractivity contribution in [3.63, 3.8) is 0 Å². The Morgan fingerprint density at radius 2 is 2.22 bits per heavy atom. The maximum absolute atomic E-state index is 11.2. The number of anilines is 1. The molecule has 0 aromatic heterocycles. The number of carbonyl (C=O) groups excluding carboxylic acids is 1. The molecule has 0 saturated carbocycles. The Balaban J connectivity index is 2.40. The van der Waals surface area contributed by atoms with Crippen LogP contribution in [0.2, 0.25) is 0 Å². The second kappa shape index (κ2) is 5.01. The van der Waals surface area contributed by atoms with Gasteiger partial charge in [-0.3, -0.25) is 14.9 Å². The lowest BCUT2D eigenvalue weighted by Gasteiger charge is -2.17. The zero-order valence-electron chi connectivity index (χ0n) is 9.64. The molecular formula is C11H13N3O4. The number of hydrogen-bond donors (Lipinski definition) is 2. The zero-order chi connectivity index (χ0) is 13.1. The smallest absolute Gasteiger partial charge is 0.313 e. The monoisotopic (exact) mass is 251 g/mol. The van der Waals surface area contributed by atoms with E-state index >= 15 is 0 Å². The van der Waals surface area contributed by atoms with E-state index in [0.29, 0.717) is 18.5 Å². The zero-order valence-corrected chi connectivity index (χ0v) is 9.64. The van der Waals surface area contributed by atoms with Gasteiger partial charge < -0.3 is 15.8 Å². The number of benzene rings is 1. The average molecular weight is 251 g/mol. The molecule has 1 aliphatic heterocycles. The lowest BCUT2D eigenvalue weighted by Crippen LogP contribution is -2.19. The fourth-order valence-corrected chi connectivity index (χ4v) is 1.82. The van der Waals surface area contributed by atoms with E-state index in [9.17, 15) is 14.9 Å². The van der Waals surface area contributed by atoms with Crippen LogP contribution in [0.3, 0.4) is 0 Å². The fourth-order valence-electron chi connectivity index (χ4n) is 1.82. The van der Waals surface area contributed by atoms with Gasteiger partial charge in [-0.15, -0.1) is 0 Å². The van der Waals surface area contributed by atoms with E-state index in [1.165, 1.54) is 6.07 Å². The normalized spacial score (nSPS) is 13.7. The second-order valence-electron chi connectivity index (χ2n) is 3.92. The molecule has 0 bridgehead atoms. The van der Waals surface area contributed by atoms with Crippen LogP contribution < -0.4 is 15.8 Å². The van der Waals surface area contributed by atoms with Crippen LogP contribution in [-0.2, 0) is 11.2 Å². The van der Waals surface area contributed by atoms with Gasteiger partial charge in [-0.25, -0.2) is 0 Å². The molecule has 2 rings (SSSR count). The summed E-state index contributed by atoms with van der Waals surface area (Å²) < 4.78 is 5.26. The molecule has 1 aromatic rings. The fraction of sp³-hybridized carbons (Fsp3) is 0.364. The van der Waals surface area contributed by atoms with E-state index in [-0.39, 0.29) is 30.5 Å². The molecule has 0 unspecified atom stereocenters. The van der Waals surface area contributed by atoms with Crippen LogP contribution in [0.15, 0.2) is 12.1 Å².